The quantitative estimate of drug-likeness (QED) is 0.794. The fraction of sp³-hybridized carbons (Fsp3) is 0.200. The molecule has 2 N–H and O–H groups in total. The summed E-state index contributed by atoms with van der Waals surface area (Å²) in [6, 6.07) is 10.3. The molecule has 0 radical (unpaired) electrons. The summed E-state index contributed by atoms with van der Waals surface area (Å²) < 4.78 is 15.4. The number of nitrogens with zero attached hydrogens (tertiary/aromatic N) is 3. The number of hydrogen-bond acceptors (Lipinski definition) is 3. The van der Waals surface area contributed by atoms with Crippen molar-refractivity contribution in [2.24, 2.45) is 12.8 Å². The number of rotatable bonds is 3. The van der Waals surface area contributed by atoms with Crippen LogP contribution in [0.15, 0.2) is 42.6 Å². The molecule has 5 heteroatoms. The van der Waals surface area contributed by atoms with Crippen LogP contribution < -0.4 is 5.73 Å². The fourth-order valence-corrected chi connectivity index (χ4v) is 2.43. The van der Waals surface area contributed by atoms with Crippen LogP contribution in [0.4, 0.5) is 4.39 Å². The molecule has 0 aliphatic rings. The van der Waals surface area contributed by atoms with Crippen molar-refractivity contribution in [2.45, 2.75) is 12.5 Å². The van der Waals surface area contributed by atoms with Gasteiger partial charge in [-0.1, -0.05) is 35.5 Å². The molecule has 0 aliphatic carbocycles. The van der Waals surface area contributed by atoms with E-state index in [1.54, 1.807) is 16.8 Å². The number of hydrogen-bond donors (Lipinski definition) is 1. The molecule has 102 valence electrons. The number of aromatic nitrogens is 3. The molecule has 0 spiro atoms. The number of benzene rings is 2. The molecule has 20 heavy (non-hydrogen) atoms. The van der Waals surface area contributed by atoms with Crippen molar-refractivity contribution in [3.05, 3.63) is 59.7 Å². The van der Waals surface area contributed by atoms with E-state index in [0.717, 1.165) is 16.6 Å². The summed E-state index contributed by atoms with van der Waals surface area (Å²) in [4.78, 5) is 0. The van der Waals surface area contributed by atoms with Gasteiger partial charge in [-0.25, -0.2) is 4.39 Å². The lowest BCUT2D eigenvalue weighted by molar-refractivity contribution is 0.637. The smallest absolute Gasteiger partial charge is 0.131 e. The Morgan fingerprint density at radius 3 is 2.65 bits per heavy atom. The highest BCUT2D eigenvalue weighted by Crippen LogP contribution is 2.26. The second-order valence-corrected chi connectivity index (χ2v) is 4.88. The van der Waals surface area contributed by atoms with Gasteiger partial charge >= 0.3 is 0 Å². The fourth-order valence-electron chi connectivity index (χ4n) is 2.43. The average molecular weight is 270 g/mol. The Morgan fingerprint density at radius 1 is 1.20 bits per heavy atom. The molecular weight excluding hydrogens is 255 g/mol. The predicted molar refractivity (Wildman–Crippen MR) is 75.5 cm³/mol. The van der Waals surface area contributed by atoms with E-state index in [0.29, 0.717) is 11.8 Å². The molecule has 2 aromatic carbocycles. The molecule has 4 nitrogen and oxygen atoms in total. The summed E-state index contributed by atoms with van der Waals surface area (Å²) in [7, 11) is 1.81. The minimum absolute atomic E-state index is 0.226. The summed E-state index contributed by atoms with van der Waals surface area (Å²) in [6.45, 7) is 0. The van der Waals surface area contributed by atoms with Gasteiger partial charge in [0, 0.05) is 31.1 Å². The molecule has 1 atom stereocenters. The van der Waals surface area contributed by atoms with Gasteiger partial charge in [0.15, 0.2) is 0 Å². The van der Waals surface area contributed by atoms with Gasteiger partial charge in [-0.2, -0.15) is 0 Å². The lowest BCUT2D eigenvalue weighted by Gasteiger charge is -2.14. The largest absolute Gasteiger partial charge is 0.324 e. The van der Waals surface area contributed by atoms with E-state index >= 15 is 0 Å². The van der Waals surface area contributed by atoms with E-state index < -0.39 is 0 Å². The normalized spacial score (nSPS) is 12.8. The van der Waals surface area contributed by atoms with Crippen molar-refractivity contribution in [2.75, 3.05) is 0 Å². The number of nitrogens with two attached hydrogens (primary N) is 1. The van der Waals surface area contributed by atoms with Crippen LogP contribution >= 0.6 is 0 Å². The van der Waals surface area contributed by atoms with Gasteiger partial charge in [-0.3, -0.25) is 4.68 Å². The summed E-state index contributed by atoms with van der Waals surface area (Å²) in [5, 5.41) is 9.38. The lowest BCUT2D eigenvalue weighted by Crippen LogP contribution is -2.14. The Kier molecular flexibility index (Phi) is 3.20. The van der Waals surface area contributed by atoms with Crippen molar-refractivity contribution in [1.29, 1.82) is 0 Å². The number of fused-ring (bicyclic) bond motifs is 1. The average Bonchev–Trinajstić information content (AvgIpc) is 2.84. The first kappa shape index (κ1) is 12.7. The maximum Gasteiger partial charge on any atom is 0.131 e. The second-order valence-electron chi connectivity index (χ2n) is 4.88. The Labute approximate surface area is 116 Å². The summed E-state index contributed by atoms with van der Waals surface area (Å²) >= 11 is 0. The van der Waals surface area contributed by atoms with Gasteiger partial charge in [-0.05, 0) is 17.0 Å². The van der Waals surface area contributed by atoms with E-state index in [9.17, 15) is 4.39 Å². The third-order valence-electron chi connectivity index (χ3n) is 3.38. The number of aryl methyl sites for hydroxylation is 1. The zero-order valence-electron chi connectivity index (χ0n) is 11.1. The van der Waals surface area contributed by atoms with Crippen molar-refractivity contribution in [1.82, 2.24) is 15.0 Å². The summed E-state index contributed by atoms with van der Waals surface area (Å²) in [5.74, 6) is -0.226. The third kappa shape index (κ3) is 2.28. The van der Waals surface area contributed by atoms with Gasteiger partial charge < -0.3 is 5.73 Å². The van der Waals surface area contributed by atoms with Crippen molar-refractivity contribution < 1.29 is 4.39 Å². The first-order valence-electron chi connectivity index (χ1n) is 6.43. The molecule has 3 aromatic rings. The monoisotopic (exact) mass is 270 g/mol. The van der Waals surface area contributed by atoms with E-state index in [1.807, 2.05) is 31.4 Å². The minimum atomic E-state index is -0.239. The Balaban J connectivity index is 1.99. The van der Waals surface area contributed by atoms with Crippen LogP contribution in [0.2, 0.25) is 0 Å². The Bertz CT molecular complexity index is 750. The third-order valence-corrected chi connectivity index (χ3v) is 3.38. The summed E-state index contributed by atoms with van der Waals surface area (Å²) in [5.41, 5.74) is 8.00. The van der Waals surface area contributed by atoms with E-state index in [4.69, 9.17) is 5.73 Å². The maximum absolute atomic E-state index is 13.8. The van der Waals surface area contributed by atoms with Crippen LogP contribution in [-0.4, -0.2) is 15.0 Å². The number of halogens is 1. The van der Waals surface area contributed by atoms with Crippen molar-refractivity contribution in [3.8, 4) is 0 Å². The Hall–Kier alpha value is -2.27. The maximum atomic E-state index is 13.8. The second kappa shape index (κ2) is 5.02. The molecule has 0 bridgehead atoms. The standard InChI is InChI=1S/C15H15FN4/c1-20-9-10(18-19-20)8-15(17)13-6-7-14(16)12-5-3-2-4-11(12)13/h2-7,9,15H,8,17H2,1H3. The van der Waals surface area contributed by atoms with Crippen LogP contribution in [0.1, 0.15) is 17.3 Å². The molecule has 0 saturated carbocycles. The first-order valence-corrected chi connectivity index (χ1v) is 6.43. The van der Waals surface area contributed by atoms with Crippen LogP contribution in [-0.2, 0) is 13.5 Å². The molecular formula is C15H15FN4. The highest BCUT2D eigenvalue weighted by molar-refractivity contribution is 5.86. The molecule has 1 aromatic heterocycles. The minimum Gasteiger partial charge on any atom is -0.324 e. The highest BCUT2D eigenvalue weighted by Gasteiger charge is 2.14. The molecule has 0 saturated heterocycles. The lowest BCUT2D eigenvalue weighted by atomic mass is 9.96. The molecule has 3 rings (SSSR count). The first-order chi connectivity index (χ1) is 9.65. The van der Waals surface area contributed by atoms with Gasteiger partial charge in [0.1, 0.15) is 5.82 Å². The SMILES string of the molecule is Cn1cc(CC(N)c2ccc(F)c3ccccc23)nn1. The van der Waals surface area contributed by atoms with E-state index in [2.05, 4.69) is 10.3 Å². The van der Waals surface area contributed by atoms with E-state index in [1.165, 1.54) is 6.07 Å². The topological polar surface area (TPSA) is 56.7 Å². The van der Waals surface area contributed by atoms with Crippen LogP contribution in [0.25, 0.3) is 10.8 Å². The zero-order valence-corrected chi connectivity index (χ0v) is 11.1. The Morgan fingerprint density at radius 2 is 1.95 bits per heavy atom. The van der Waals surface area contributed by atoms with Crippen molar-refractivity contribution >= 4 is 10.8 Å². The summed E-state index contributed by atoms with van der Waals surface area (Å²) in [6.07, 6.45) is 2.41. The van der Waals surface area contributed by atoms with Gasteiger partial charge in [0.25, 0.3) is 0 Å². The molecule has 1 unspecified atom stereocenters. The van der Waals surface area contributed by atoms with Crippen LogP contribution in [0.3, 0.4) is 0 Å². The molecule has 1 heterocycles. The molecule has 0 fully saturated rings. The van der Waals surface area contributed by atoms with E-state index in [-0.39, 0.29) is 11.9 Å². The van der Waals surface area contributed by atoms with Crippen LogP contribution in [0.5, 0.6) is 0 Å². The van der Waals surface area contributed by atoms with Gasteiger partial charge in [0.2, 0.25) is 0 Å². The zero-order chi connectivity index (χ0) is 14.1. The predicted octanol–water partition coefficient (Wildman–Crippen LogP) is 2.35. The molecule has 0 amide bonds. The highest BCUT2D eigenvalue weighted by atomic mass is 19.1. The van der Waals surface area contributed by atoms with Crippen molar-refractivity contribution in [3.63, 3.8) is 0 Å². The van der Waals surface area contributed by atoms with Crippen LogP contribution in [0, 0.1) is 5.82 Å². The van der Waals surface area contributed by atoms with Gasteiger partial charge in [0.05, 0.1) is 5.69 Å². The van der Waals surface area contributed by atoms with Gasteiger partial charge in [-0.15, -0.1) is 5.10 Å². The molecule has 0 aliphatic heterocycles.